The third kappa shape index (κ3) is 7.13. The average molecular weight is 515 g/mol. The van der Waals surface area contributed by atoms with Crippen molar-refractivity contribution in [2.75, 3.05) is 43.1 Å². The summed E-state index contributed by atoms with van der Waals surface area (Å²) in [4.78, 5) is 37.5. The van der Waals surface area contributed by atoms with Gasteiger partial charge < -0.3 is 20.9 Å². The maximum absolute atomic E-state index is 13.3. The van der Waals surface area contributed by atoms with Gasteiger partial charge in [-0.2, -0.15) is 0 Å². The number of likely N-dealkylation sites (N-methyl/N-ethyl adjacent to an activating group) is 1. The maximum Gasteiger partial charge on any atom is 0.274 e. The van der Waals surface area contributed by atoms with Crippen LogP contribution < -0.4 is 16.0 Å². The van der Waals surface area contributed by atoms with Crippen LogP contribution in [0, 0.1) is 0 Å². The first-order valence-electron chi connectivity index (χ1n) is 11.7. The number of nitrogens with zero attached hydrogens (tertiary/aromatic N) is 3. The van der Waals surface area contributed by atoms with Gasteiger partial charge in [0.25, 0.3) is 11.8 Å². The lowest BCUT2D eigenvalue weighted by Gasteiger charge is -2.14. The average Bonchev–Trinajstić information content (AvgIpc) is 2.89. The Hall–Kier alpha value is -4.27. The summed E-state index contributed by atoms with van der Waals surface area (Å²) in [5.74, 6) is 0.121. The first-order valence-corrected chi connectivity index (χ1v) is 12.1. The second-order valence-electron chi connectivity index (χ2n) is 8.52. The Morgan fingerprint density at radius 2 is 1.59 bits per heavy atom. The lowest BCUT2D eigenvalue weighted by atomic mass is 10.1. The zero-order valence-electron chi connectivity index (χ0n) is 20.5. The molecule has 9 heteroatoms. The highest BCUT2D eigenvalue weighted by Crippen LogP contribution is 2.22. The van der Waals surface area contributed by atoms with Crippen LogP contribution in [0.1, 0.15) is 20.8 Å². The topological polar surface area (TPSA) is 99.2 Å². The predicted molar refractivity (Wildman–Crippen MR) is 148 cm³/mol. The van der Waals surface area contributed by atoms with Crippen molar-refractivity contribution >= 4 is 40.6 Å². The molecule has 37 heavy (non-hydrogen) atoms. The number of hydrogen-bond donors (Lipinski definition) is 3. The van der Waals surface area contributed by atoms with Crippen molar-refractivity contribution in [1.29, 1.82) is 0 Å². The quantitative estimate of drug-likeness (QED) is 0.281. The van der Waals surface area contributed by atoms with Crippen molar-refractivity contribution in [2.45, 2.75) is 0 Å². The molecule has 0 aliphatic rings. The van der Waals surface area contributed by atoms with Gasteiger partial charge in [-0.25, -0.2) is 9.97 Å². The number of nitrogens with one attached hydrogen (secondary N) is 3. The van der Waals surface area contributed by atoms with E-state index in [0.29, 0.717) is 40.1 Å². The van der Waals surface area contributed by atoms with Gasteiger partial charge in [0.1, 0.15) is 11.5 Å². The number of halogens is 1. The first kappa shape index (κ1) is 25.8. The molecule has 0 radical (unpaired) electrons. The molecule has 2 amide bonds. The predicted octanol–water partition coefficient (Wildman–Crippen LogP) is 5.28. The smallest absolute Gasteiger partial charge is 0.274 e. The van der Waals surface area contributed by atoms with Crippen LogP contribution in [0.25, 0.3) is 11.4 Å². The van der Waals surface area contributed by atoms with Crippen molar-refractivity contribution in [3.63, 3.8) is 0 Å². The molecule has 0 atom stereocenters. The molecule has 1 heterocycles. The summed E-state index contributed by atoms with van der Waals surface area (Å²) in [6.07, 6.45) is 0. The molecular weight excluding hydrogens is 488 g/mol. The summed E-state index contributed by atoms with van der Waals surface area (Å²) in [6, 6.07) is 24.7. The van der Waals surface area contributed by atoms with Crippen molar-refractivity contribution in [1.82, 2.24) is 14.9 Å². The van der Waals surface area contributed by atoms with E-state index >= 15 is 0 Å². The Balaban J connectivity index is 1.59. The second kappa shape index (κ2) is 12.1. The van der Waals surface area contributed by atoms with Crippen LogP contribution >= 0.6 is 11.6 Å². The number of hydrogen-bond acceptors (Lipinski definition) is 6. The summed E-state index contributed by atoms with van der Waals surface area (Å²) in [7, 11) is 3.96. The fourth-order valence-electron chi connectivity index (χ4n) is 3.52. The van der Waals surface area contributed by atoms with Crippen molar-refractivity contribution in [3.05, 3.63) is 101 Å². The first-order chi connectivity index (χ1) is 17.9. The summed E-state index contributed by atoms with van der Waals surface area (Å²) >= 11 is 6.03. The molecule has 8 nitrogen and oxygen atoms in total. The Kier molecular flexibility index (Phi) is 8.45. The van der Waals surface area contributed by atoms with E-state index < -0.39 is 5.91 Å². The molecule has 3 N–H and O–H groups in total. The minimum atomic E-state index is -0.460. The summed E-state index contributed by atoms with van der Waals surface area (Å²) in [5.41, 5.74) is 2.17. The molecule has 0 unspecified atom stereocenters. The zero-order chi connectivity index (χ0) is 26.2. The molecule has 1 aromatic heterocycles. The third-order valence-electron chi connectivity index (χ3n) is 5.36. The van der Waals surface area contributed by atoms with Gasteiger partial charge in [0.05, 0.1) is 11.3 Å². The fraction of sp³-hybridized carbons (Fsp3) is 0.143. The zero-order valence-corrected chi connectivity index (χ0v) is 21.3. The lowest BCUT2D eigenvalue weighted by molar-refractivity contribution is 0.102. The molecule has 0 aliphatic heterocycles. The molecule has 0 saturated heterocycles. The third-order valence-corrected chi connectivity index (χ3v) is 5.59. The van der Waals surface area contributed by atoms with E-state index in [1.165, 1.54) is 0 Å². The number of para-hydroxylation sites is 1. The van der Waals surface area contributed by atoms with Gasteiger partial charge in [0.2, 0.25) is 0 Å². The van der Waals surface area contributed by atoms with Crippen LogP contribution in [0.4, 0.5) is 17.2 Å². The number of aromatic nitrogens is 2. The molecule has 3 aromatic carbocycles. The van der Waals surface area contributed by atoms with Crippen molar-refractivity contribution in [2.24, 2.45) is 0 Å². The van der Waals surface area contributed by atoms with Crippen LogP contribution in [-0.4, -0.2) is 53.9 Å². The number of carbonyl (C=O) groups is 2. The molecule has 0 spiro atoms. The summed E-state index contributed by atoms with van der Waals surface area (Å²) < 4.78 is 0. The second-order valence-corrected chi connectivity index (χ2v) is 8.96. The van der Waals surface area contributed by atoms with Crippen molar-refractivity contribution in [3.8, 4) is 11.4 Å². The normalized spacial score (nSPS) is 10.7. The van der Waals surface area contributed by atoms with E-state index in [2.05, 4.69) is 25.9 Å². The van der Waals surface area contributed by atoms with Crippen molar-refractivity contribution < 1.29 is 9.59 Å². The number of anilines is 3. The van der Waals surface area contributed by atoms with E-state index in [-0.39, 0.29) is 11.6 Å². The van der Waals surface area contributed by atoms with Gasteiger partial charge in [-0.05, 0) is 44.4 Å². The Labute approximate surface area is 220 Å². The number of rotatable bonds is 9. The monoisotopic (exact) mass is 514 g/mol. The molecule has 0 saturated carbocycles. The highest BCUT2D eigenvalue weighted by atomic mass is 35.5. The molecule has 4 rings (SSSR count). The van der Waals surface area contributed by atoms with Crippen LogP contribution in [-0.2, 0) is 0 Å². The molecule has 0 fully saturated rings. The van der Waals surface area contributed by atoms with Crippen LogP contribution in [0.2, 0.25) is 5.02 Å². The van der Waals surface area contributed by atoms with Crippen LogP contribution in [0.5, 0.6) is 0 Å². The summed E-state index contributed by atoms with van der Waals surface area (Å²) in [6.45, 7) is 1.44. The minimum absolute atomic E-state index is 0.172. The molecule has 4 aromatic rings. The van der Waals surface area contributed by atoms with E-state index in [1.54, 1.807) is 54.6 Å². The molecular formula is C28H27ClN6O2. The molecule has 0 aliphatic carbocycles. The van der Waals surface area contributed by atoms with E-state index in [9.17, 15) is 9.59 Å². The van der Waals surface area contributed by atoms with Gasteiger partial charge in [0.15, 0.2) is 5.82 Å². The van der Waals surface area contributed by atoms with Crippen LogP contribution in [0.15, 0.2) is 84.9 Å². The molecule has 0 bridgehead atoms. The SMILES string of the molecule is CN(C)CCNc1cc(C(=O)Nc2ccccc2C(=O)Nc2cccc(Cl)c2)nc(-c2ccccc2)n1. The van der Waals surface area contributed by atoms with Gasteiger partial charge in [0, 0.05) is 35.4 Å². The minimum Gasteiger partial charge on any atom is -0.369 e. The number of carbonyl (C=O) groups excluding carboxylic acids is 2. The van der Waals surface area contributed by atoms with Gasteiger partial charge in [-0.3, -0.25) is 9.59 Å². The summed E-state index contributed by atoms with van der Waals surface area (Å²) in [5, 5.41) is 9.41. The molecule has 188 valence electrons. The van der Waals surface area contributed by atoms with Crippen LogP contribution in [0.3, 0.4) is 0 Å². The van der Waals surface area contributed by atoms with E-state index in [1.807, 2.05) is 49.3 Å². The van der Waals surface area contributed by atoms with E-state index in [4.69, 9.17) is 11.6 Å². The Bertz CT molecular complexity index is 1390. The Morgan fingerprint density at radius 3 is 2.35 bits per heavy atom. The van der Waals surface area contributed by atoms with E-state index in [0.717, 1.165) is 12.1 Å². The highest BCUT2D eigenvalue weighted by Gasteiger charge is 2.17. The highest BCUT2D eigenvalue weighted by molar-refractivity contribution is 6.31. The number of amides is 2. The number of benzene rings is 3. The lowest BCUT2D eigenvalue weighted by Crippen LogP contribution is -2.22. The van der Waals surface area contributed by atoms with Gasteiger partial charge in [-0.1, -0.05) is 60.1 Å². The standard InChI is InChI=1S/C28H27ClN6O2/c1-35(2)16-15-30-25-18-24(32-26(34-25)19-9-4-3-5-10-19)28(37)33-23-14-7-6-13-22(23)27(36)31-21-12-8-11-20(29)17-21/h3-14,17-18H,15-16H2,1-2H3,(H,31,36)(H,33,37)(H,30,32,34). The maximum atomic E-state index is 13.3. The van der Waals surface area contributed by atoms with Gasteiger partial charge in [-0.15, -0.1) is 0 Å². The van der Waals surface area contributed by atoms with Gasteiger partial charge >= 0.3 is 0 Å². The fourth-order valence-corrected chi connectivity index (χ4v) is 3.71. The largest absolute Gasteiger partial charge is 0.369 e. The Morgan fingerprint density at radius 1 is 0.838 bits per heavy atom.